The summed E-state index contributed by atoms with van der Waals surface area (Å²) in [6, 6.07) is 16.1. The zero-order valence-electron chi connectivity index (χ0n) is 21.5. The van der Waals surface area contributed by atoms with Gasteiger partial charge in [0.1, 0.15) is 17.8 Å². The van der Waals surface area contributed by atoms with Gasteiger partial charge in [0.05, 0.1) is 12.6 Å². The third kappa shape index (κ3) is 6.30. The maximum atomic E-state index is 13.2. The molecular weight excluding hydrogens is 484 g/mol. The van der Waals surface area contributed by atoms with Crippen LogP contribution in [0.15, 0.2) is 67.1 Å². The molecule has 2 amide bonds. The van der Waals surface area contributed by atoms with Crippen LogP contribution >= 0.6 is 0 Å². The van der Waals surface area contributed by atoms with Crippen LogP contribution < -0.4 is 20.7 Å². The number of carbonyl (C=O) groups is 2. The number of nitrogens with zero attached hydrogens (tertiary/aromatic N) is 5. The largest absolute Gasteiger partial charge is 0.483 e. The highest BCUT2D eigenvalue weighted by Gasteiger charge is 2.19. The average Bonchev–Trinajstić information content (AvgIpc) is 3.34. The van der Waals surface area contributed by atoms with Crippen molar-refractivity contribution < 1.29 is 14.3 Å². The van der Waals surface area contributed by atoms with E-state index in [4.69, 9.17) is 4.74 Å². The zero-order chi connectivity index (χ0) is 26.9. The standard InChI is InChI=1S/C27H30N8O3/c1-4-21(20-10-5-6-11-23(20)38-16-25(36)28-2)32-27(37)18-8-7-9-19(14-18)30-15-24-33-34-26(35(24)3)22-12-13-29-17-31-22/h5-14,17,21,30H,4,15-16H2,1-3H3,(H,28,36)(H,32,37). The quantitative estimate of drug-likeness (QED) is 0.278. The van der Waals surface area contributed by atoms with E-state index < -0.39 is 0 Å². The van der Waals surface area contributed by atoms with E-state index in [1.807, 2.05) is 48.9 Å². The number of likely N-dealkylation sites (N-methyl/N-ethyl adjacent to an activating group) is 1. The van der Waals surface area contributed by atoms with Crippen LogP contribution in [-0.4, -0.2) is 50.2 Å². The van der Waals surface area contributed by atoms with E-state index in [0.29, 0.717) is 41.6 Å². The zero-order valence-corrected chi connectivity index (χ0v) is 21.5. The van der Waals surface area contributed by atoms with Gasteiger partial charge in [-0.1, -0.05) is 31.2 Å². The van der Waals surface area contributed by atoms with E-state index in [1.165, 1.54) is 6.33 Å². The predicted octanol–water partition coefficient (Wildman–Crippen LogP) is 2.89. The molecule has 1 unspecified atom stereocenters. The monoisotopic (exact) mass is 514 g/mol. The number of carbonyl (C=O) groups excluding carboxylic acids is 2. The summed E-state index contributed by atoms with van der Waals surface area (Å²) in [5.41, 5.74) is 2.78. The number of rotatable bonds is 11. The molecular formula is C27H30N8O3. The minimum atomic E-state index is -0.293. The second kappa shape index (κ2) is 12.4. The lowest BCUT2D eigenvalue weighted by molar-refractivity contribution is -0.122. The first-order valence-corrected chi connectivity index (χ1v) is 12.2. The van der Waals surface area contributed by atoms with E-state index in [-0.39, 0.29) is 24.5 Å². The Morgan fingerprint density at radius 3 is 2.68 bits per heavy atom. The fourth-order valence-electron chi connectivity index (χ4n) is 3.87. The van der Waals surface area contributed by atoms with Gasteiger partial charge in [-0.2, -0.15) is 0 Å². The molecule has 4 aromatic rings. The van der Waals surface area contributed by atoms with Gasteiger partial charge >= 0.3 is 0 Å². The molecule has 1 atom stereocenters. The van der Waals surface area contributed by atoms with E-state index >= 15 is 0 Å². The first-order chi connectivity index (χ1) is 18.5. The number of benzene rings is 2. The van der Waals surface area contributed by atoms with Crippen LogP contribution in [0.2, 0.25) is 0 Å². The van der Waals surface area contributed by atoms with Crippen LogP contribution in [0.3, 0.4) is 0 Å². The molecule has 2 heterocycles. The molecule has 2 aromatic carbocycles. The van der Waals surface area contributed by atoms with E-state index in [1.54, 1.807) is 37.5 Å². The molecule has 0 radical (unpaired) electrons. The van der Waals surface area contributed by atoms with Crippen molar-refractivity contribution >= 4 is 17.5 Å². The summed E-state index contributed by atoms with van der Waals surface area (Å²) in [6.45, 7) is 2.29. The Hall–Kier alpha value is -4.80. The molecule has 0 fully saturated rings. The molecule has 0 aliphatic heterocycles. The molecule has 11 nitrogen and oxygen atoms in total. The van der Waals surface area contributed by atoms with E-state index in [0.717, 1.165) is 11.3 Å². The predicted molar refractivity (Wildman–Crippen MR) is 142 cm³/mol. The number of anilines is 1. The van der Waals surface area contributed by atoms with Crippen LogP contribution in [0, 0.1) is 0 Å². The summed E-state index contributed by atoms with van der Waals surface area (Å²) < 4.78 is 7.56. The fourth-order valence-corrected chi connectivity index (χ4v) is 3.87. The number of nitrogens with one attached hydrogen (secondary N) is 3. The molecule has 0 spiro atoms. The van der Waals surface area contributed by atoms with Crippen molar-refractivity contribution in [2.24, 2.45) is 7.05 Å². The van der Waals surface area contributed by atoms with Crippen LogP contribution in [0.5, 0.6) is 5.75 Å². The van der Waals surface area contributed by atoms with Gasteiger partial charge in [-0.05, 0) is 36.8 Å². The van der Waals surface area contributed by atoms with Crippen molar-refractivity contribution in [3.63, 3.8) is 0 Å². The maximum Gasteiger partial charge on any atom is 0.257 e. The minimum absolute atomic E-state index is 0.0995. The number of amides is 2. The number of hydrogen-bond acceptors (Lipinski definition) is 8. The first-order valence-electron chi connectivity index (χ1n) is 12.2. The van der Waals surface area contributed by atoms with E-state index in [2.05, 4.69) is 36.1 Å². The van der Waals surface area contributed by atoms with E-state index in [9.17, 15) is 9.59 Å². The van der Waals surface area contributed by atoms with Crippen LogP contribution in [-0.2, 0) is 18.4 Å². The maximum absolute atomic E-state index is 13.2. The summed E-state index contributed by atoms with van der Waals surface area (Å²) in [5.74, 6) is 1.47. The highest BCUT2D eigenvalue weighted by molar-refractivity contribution is 5.95. The van der Waals surface area contributed by atoms with Gasteiger partial charge in [0.15, 0.2) is 18.3 Å². The Morgan fingerprint density at radius 1 is 1.08 bits per heavy atom. The summed E-state index contributed by atoms with van der Waals surface area (Å²) in [4.78, 5) is 33.0. The van der Waals surface area contributed by atoms with Gasteiger partial charge in [0, 0.05) is 37.1 Å². The fraction of sp³-hybridized carbons (Fsp3) is 0.259. The molecule has 0 saturated heterocycles. The highest BCUT2D eigenvalue weighted by atomic mass is 16.5. The SMILES string of the molecule is CCC(NC(=O)c1cccc(NCc2nnc(-c3ccncn3)n2C)c1)c1ccccc1OCC(=O)NC. The van der Waals surface area contributed by atoms with Crippen molar-refractivity contribution in [1.29, 1.82) is 0 Å². The van der Waals surface area contributed by atoms with Gasteiger partial charge in [-0.3, -0.25) is 9.59 Å². The molecule has 0 aliphatic carbocycles. The topological polar surface area (TPSA) is 136 Å². The average molecular weight is 515 g/mol. The lowest BCUT2D eigenvalue weighted by Gasteiger charge is -2.21. The normalized spacial score (nSPS) is 11.4. The van der Waals surface area contributed by atoms with Crippen LogP contribution in [0.25, 0.3) is 11.5 Å². The second-order valence-corrected chi connectivity index (χ2v) is 8.46. The van der Waals surface area contributed by atoms with Crippen molar-refractivity contribution in [2.45, 2.75) is 25.9 Å². The van der Waals surface area contributed by atoms with Gasteiger partial charge in [0.2, 0.25) is 0 Å². The Balaban J connectivity index is 1.42. The summed E-state index contributed by atoms with van der Waals surface area (Å²) in [7, 11) is 3.43. The third-order valence-corrected chi connectivity index (χ3v) is 6.00. The molecule has 11 heteroatoms. The summed E-state index contributed by atoms with van der Waals surface area (Å²) in [5, 5.41) is 17.4. The molecule has 0 bridgehead atoms. The van der Waals surface area contributed by atoms with Crippen molar-refractivity contribution in [3.8, 4) is 17.3 Å². The molecule has 196 valence electrons. The second-order valence-electron chi connectivity index (χ2n) is 8.46. The molecule has 0 saturated carbocycles. The lowest BCUT2D eigenvalue weighted by atomic mass is 10.0. The number of para-hydroxylation sites is 1. The minimum Gasteiger partial charge on any atom is -0.483 e. The van der Waals surface area contributed by atoms with Gasteiger partial charge in [0.25, 0.3) is 11.8 Å². The van der Waals surface area contributed by atoms with Gasteiger partial charge in [-0.15, -0.1) is 10.2 Å². The smallest absolute Gasteiger partial charge is 0.257 e. The van der Waals surface area contributed by atoms with Crippen molar-refractivity contribution in [2.75, 3.05) is 19.0 Å². The summed E-state index contributed by atoms with van der Waals surface area (Å²) >= 11 is 0. The third-order valence-electron chi connectivity index (χ3n) is 6.00. The Bertz CT molecular complexity index is 1390. The first kappa shape index (κ1) is 26.3. The summed E-state index contributed by atoms with van der Waals surface area (Å²) in [6.07, 6.45) is 3.77. The molecule has 2 aromatic heterocycles. The highest BCUT2D eigenvalue weighted by Crippen LogP contribution is 2.28. The van der Waals surface area contributed by atoms with Crippen LogP contribution in [0.1, 0.15) is 41.1 Å². The molecule has 38 heavy (non-hydrogen) atoms. The molecule has 0 aliphatic rings. The number of ether oxygens (including phenoxy) is 1. The lowest BCUT2D eigenvalue weighted by Crippen LogP contribution is -2.29. The van der Waals surface area contributed by atoms with Gasteiger partial charge < -0.3 is 25.3 Å². The Morgan fingerprint density at radius 2 is 1.92 bits per heavy atom. The Kier molecular flexibility index (Phi) is 8.60. The molecule has 4 rings (SSSR count). The Labute approximate surface area is 220 Å². The van der Waals surface area contributed by atoms with Crippen molar-refractivity contribution in [1.82, 2.24) is 35.4 Å². The van der Waals surface area contributed by atoms with Crippen molar-refractivity contribution in [3.05, 3.63) is 84.1 Å². The number of aromatic nitrogens is 5. The molecule has 3 N–H and O–H groups in total. The number of hydrogen-bond donors (Lipinski definition) is 3. The van der Waals surface area contributed by atoms with Gasteiger partial charge in [-0.25, -0.2) is 9.97 Å². The van der Waals surface area contributed by atoms with Crippen LogP contribution in [0.4, 0.5) is 5.69 Å².